The maximum atomic E-state index is 13.2. The molecule has 1 aliphatic carbocycles. The molecule has 6 aromatic rings. The Kier molecular flexibility index (Phi) is 6.71. The maximum Gasteiger partial charge on any atom is 0.469 e. The molecule has 46 heavy (non-hydrogen) atoms. The third-order valence-electron chi connectivity index (χ3n) is 9.03. The van der Waals surface area contributed by atoms with Crippen LogP contribution in [0, 0.1) is 0 Å². The van der Waals surface area contributed by atoms with Crippen molar-refractivity contribution in [3.8, 4) is 0 Å². The van der Waals surface area contributed by atoms with Gasteiger partial charge < -0.3 is 40.3 Å². The van der Waals surface area contributed by atoms with Gasteiger partial charge in [-0.2, -0.15) is 4.98 Å². The molecule has 8 rings (SSSR count). The number of hydrogen-bond donors (Lipinski definition) is 8. The molecule has 2 aromatic heterocycles. The molecule has 0 amide bonds. The van der Waals surface area contributed by atoms with E-state index in [0.29, 0.717) is 11.1 Å². The van der Waals surface area contributed by atoms with Crippen LogP contribution in [0.1, 0.15) is 35.9 Å². The molecule has 2 aliphatic rings. The number of aromatic amines is 1. The summed E-state index contributed by atoms with van der Waals surface area (Å²) in [7, 11) is -4.89. The van der Waals surface area contributed by atoms with Gasteiger partial charge in [0, 0.05) is 6.42 Å². The van der Waals surface area contributed by atoms with Crippen molar-refractivity contribution in [2.24, 2.45) is 0 Å². The Morgan fingerprint density at radius 1 is 1.04 bits per heavy atom. The molecule has 0 saturated carbocycles. The number of benzene rings is 4. The fraction of sp³-hybridized carbons (Fsp3) is 0.300. The van der Waals surface area contributed by atoms with Crippen LogP contribution in [0.4, 0.5) is 5.95 Å². The smallest absolute Gasteiger partial charge is 0.394 e. The minimum atomic E-state index is -4.89. The first kappa shape index (κ1) is 29.4. The Morgan fingerprint density at radius 3 is 2.52 bits per heavy atom. The number of H-pyrrole nitrogens is 1. The van der Waals surface area contributed by atoms with Gasteiger partial charge in [0.05, 0.1) is 19.0 Å². The maximum absolute atomic E-state index is 13.2. The third-order valence-corrected chi connectivity index (χ3v) is 9.58. The van der Waals surface area contributed by atoms with Gasteiger partial charge in [0.15, 0.2) is 11.2 Å². The van der Waals surface area contributed by atoms with Gasteiger partial charge in [0.25, 0.3) is 5.56 Å². The van der Waals surface area contributed by atoms with Gasteiger partial charge in [-0.15, -0.1) is 0 Å². The van der Waals surface area contributed by atoms with Crippen molar-refractivity contribution in [3.05, 3.63) is 76.3 Å². The monoisotopic (exact) mass is 649 g/mol. The summed E-state index contributed by atoms with van der Waals surface area (Å²) < 4.78 is 23.4. The van der Waals surface area contributed by atoms with Gasteiger partial charge in [-0.1, -0.05) is 42.5 Å². The summed E-state index contributed by atoms with van der Waals surface area (Å²) in [5.74, 6) is -0.0803. The van der Waals surface area contributed by atoms with Crippen molar-refractivity contribution in [2.45, 2.75) is 49.2 Å². The van der Waals surface area contributed by atoms with Crippen molar-refractivity contribution in [1.82, 2.24) is 19.5 Å². The van der Waals surface area contributed by atoms with Gasteiger partial charge in [0.2, 0.25) is 5.95 Å². The highest BCUT2D eigenvalue weighted by Gasteiger charge is 2.43. The number of nitrogens with zero attached hydrogens (tertiary/aromatic N) is 3. The molecule has 1 saturated heterocycles. The molecule has 0 radical (unpaired) electrons. The molecule has 15 nitrogen and oxygen atoms in total. The predicted molar refractivity (Wildman–Crippen MR) is 164 cm³/mol. The van der Waals surface area contributed by atoms with E-state index >= 15 is 0 Å². The minimum absolute atomic E-state index is 0.0475. The Hall–Kier alpha value is -4.02. The van der Waals surface area contributed by atoms with E-state index in [1.54, 1.807) is 6.07 Å². The number of fused-ring (bicyclic) bond motifs is 3. The molecule has 3 heterocycles. The molecule has 1 fully saturated rings. The quantitative estimate of drug-likeness (QED) is 0.0949. The zero-order chi connectivity index (χ0) is 32.1. The number of phosphoric acid groups is 1. The number of aliphatic hydroxyl groups excluding tert-OH is 4. The highest BCUT2D eigenvalue weighted by Crippen LogP contribution is 2.47. The molecular weight excluding hydrogens is 621 g/mol. The zero-order valence-electron chi connectivity index (χ0n) is 23.8. The van der Waals surface area contributed by atoms with Crippen molar-refractivity contribution in [1.29, 1.82) is 0 Å². The molecule has 0 bridgehead atoms. The number of nitrogens with one attached hydrogen (secondary N) is 2. The first-order valence-corrected chi connectivity index (χ1v) is 16.0. The van der Waals surface area contributed by atoms with Crippen molar-refractivity contribution < 1.29 is 44.0 Å². The molecule has 1 aliphatic heterocycles. The lowest BCUT2D eigenvalue weighted by Crippen LogP contribution is -2.44. The first-order chi connectivity index (χ1) is 22.0. The van der Waals surface area contributed by atoms with Crippen LogP contribution in [-0.2, 0) is 13.8 Å². The van der Waals surface area contributed by atoms with Crippen LogP contribution >= 0.6 is 7.82 Å². The minimum Gasteiger partial charge on any atom is -0.394 e. The van der Waals surface area contributed by atoms with Crippen LogP contribution in [0.15, 0.2) is 59.7 Å². The SMILES string of the molecule is O=c1[nH]c(N[C@@H]2c3c(cc4ccc5cccc6ccc3c4c56)[C@@H](O)[C@H](O)[C@H]2O)nc2c1ncn2[C@H]1C[C@H](OP(=O)(O)O)[C@@H](CO)O1. The second-order valence-corrected chi connectivity index (χ2v) is 12.9. The molecule has 8 N–H and O–H groups in total. The summed E-state index contributed by atoms with van der Waals surface area (Å²) in [6.07, 6.45) is -6.42. The Labute approximate surface area is 258 Å². The molecule has 4 aromatic carbocycles. The van der Waals surface area contributed by atoms with E-state index in [9.17, 15) is 39.6 Å². The van der Waals surface area contributed by atoms with Gasteiger partial charge in [-0.25, -0.2) is 9.55 Å². The standard InChI is InChI=1S/C30H28N5O10P/c36-10-18-17(45-46(41,42)43)9-19(44-18)35-11-31-24-28(35)33-30(34-29(24)40)32-23-22-15-7-6-13-3-1-2-12-4-5-14(21(15)20(12)13)8-16(22)25(37)27(39)26(23)38/h1-8,11,17-19,23,25-27,36-39H,9-10H2,(H2,41,42,43)(H2,32,33,34,40)/t17-,18+,19+,23+,25+,26-,27-/m0/s1. The Morgan fingerprint density at radius 2 is 1.78 bits per heavy atom. The van der Waals surface area contributed by atoms with Gasteiger partial charge >= 0.3 is 7.82 Å². The van der Waals surface area contributed by atoms with Crippen LogP contribution in [0.5, 0.6) is 0 Å². The van der Waals surface area contributed by atoms with Crippen LogP contribution in [0.3, 0.4) is 0 Å². The first-order valence-electron chi connectivity index (χ1n) is 14.5. The van der Waals surface area contributed by atoms with E-state index in [4.69, 9.17) is 9.26 Å². The van der Waals surface area contributed by atoms with Crippen molar-refractivity contribution in [2.75, 3.05) is 11.9 Å². The largest absolute Gasteiger partial charge is 0.469 e. The number of aliphatic hydroxyl groups is 4. The van der Waals surface area contributed by atoms with Crippen LogP contribution < -0.4 is 10.9 Å². The average Bonchev–Trinajstić information content (AvgIpc) is 3.63. The highest BCUT2D eigenvalue weighted by molar-refractivity contribution is 7.46. The van der Waals surface area contributed by atoms with Crippen LogP contribution in [0.2, 0.25) is 0 Å². The number of ether oxygens (including phenoxy) is 1. The van der Waals surface area contributed by atoms with Gasteiger partial charge in [-0.3, -0.25) is 18.9 Å². The predicted octanol–water partition coefficient (Wildman–Crippen LogP) is 1.70. The summed E-state index contributed by atoms with van der Waals surface area (Å²) >= 11 is 0. The van der Waals surface area contributed by atoms with E-state index in [1.165, 1.54) is 10.9 Å². The average molecular weight is 650 g/mol. The normalized spacial score (nSPS) is 26.9. The van der Waals surface area contributed by atoms with Crippen molar-refractivity contribution >= 4 is 57.3 Å². The van der Waals surface area contributed by atoms with Crippen LogP contribution in [-0.4, -0.2) is 80.8 Å². The highest BCUT2D eigenvalue weighted by atomic mass is 31.2. The van der Waals surface area contributed by atoms with Crippen molar-refractivity contribution in [3.63, 3.8) is 0 Å². The fourth-order valence-corrected chi connectivity index (χ4v) is 7.59. The topological polar surface area (TPSA) is 233 Å². The van der Waals surface area contributed by atoms with E-state index < -0.39 is 62.8 Å². The number of anilines is 1. The zero-order valence-corrected chi connectivity index (χ0v) is 24.7. The van der Waals surface area contributed by atoms with E-state index in [-0.39, 0.29) is 23.5 Å². The summed E-state index contributed by atoms with van der Waals surface area (Å²) in [4.78, 5) is 43.0. The van der Waals surface area contributed by atoms with Gasteiger partial charge in [0.1, 0.15) is 36.7 Å². The summed E-state index contributed by atoms with van der Waals surface area (Å²) in [5.41, 5.74) is 0.311. The molecule has 0 unspecified atom stereocenters. The second kappa shape index (κ2) is 10.5. The number of aromatic nitrogens is 4. The Balaban J connectivity index is 1.23. The number of phosphoric ester groups is 1. The molecular formula is C30H28N5O10P. The number of imidazole rings is 1. The van der Waals surface area contributed by atoms with E-state index in [1.807, 2.05) is 42.5 Å². The fourth-order valence-electron chi connectivity index (χ4n) is 7.02. The lowest BCUT2D eigenvalue weighted by atomic mass is 9.77. The second-order valence-electron chi connectivity index (χ2n) is 11.7. The van der Waals surface area contributed by atoms with E-state index in [0.717, 1.165) is 32.3 Å². The molecule has 7 atom stereocenters. The third kappa shape index (κ3) is 4.52. The molecule has 0 spiro atoms. The summed E-state index contributed by atoms with van der Waals surface area (Å²) in [5, 5.41) is 51.7. The Bertz CT molecular complexity index is 2240. The summed E-state index contributed by atoms with van der Waals surface area (Å²) in [6.45, 7) is -0.579. The van der Waals surface area contributed by atoms with Crippen LogP contribution in [0.25, 0.3) is 43.5 Å². The van der Waals surface area contributed by atoms with E-state index in [2.05, 4.69) is 20.3 Å². The van der Waals surface area contributed by atoms with Gasteiger partial charge in [-0.05, 0) is 49.5 Å². The molecule has 238 valence electrons. The lowest BCUT2D eigenvalue weighted by Gasteiger charge is -2.38. The molecule has 16 heteroatoms. The number of hydrogen-bond acceptors (Lipinski definition) is 11. The lowest BCUT2D eigenvalue weighted by molar-refractivity contribution is -0.0767. The summed E-state index contributed by atoms with van der Waals surface area (Å²) in [6, 6.07) is 14.6. The number of rotatable bonds is 6.